The lowest BCUT2D eigenvalue weighted by atomic mass is 9.97. The van der Waals surface area contributed by atoms with Crippen LogP contribution in [0, 0.1) is 0 Å². The normalized spacial score (nSPS) is 19.4. The number of para-hydroxylation sites is 1. The number of nitrogens with zero attached hydrogens (tertiary/aromatic N) is 2. The number of ether oxygens (including phenoxy) is 3. The standard InChI is InChI=1S/C23H20N2O4S/c1-27-19-6-3-5-16-18-13-17(20-7-4-12-30-20)24-25(18)22(29-21(16)19)14-8-10-15(11-9-14)23(26)28-2/h3-12,18,22H,13H2,1-2H3. The summed E-state index contributed by atoms with van der Waals surface area (Å²) in [6.07, 6.45) is 0.365. The van der Waals surface area contributed by atoms with E-state index in [0.29, 0.717) is 11.3 Å². The Morgan fingerprint density at radius 1 is 1.13 bits per heavy atom. The van der Waals surface area contributed by atoms with E-state index in [1.165, 1.54) is 7.11 Å². The number of hydrogen-bond acceptors (Lipinski definition) is 7. The lowest BCUT2D eigenvalue weighted by molar-refractivity contribution is -0.0209. The van der Waals surface area contributed by atoms with E-state index < -0.39 is 6.23 Å². The smallest absolute Gasteiger partial charge is 0.337 e. The van der Waals surface area contributed by atoms with Gasteiger partial charge >= 0.3 is 5.97 Å². The molecule has 0 N–H and O–H groups in total. The Morgan fingerprint density at radius 3 is 2.67 bits per heavy atom. The van der Waals surface area contributed by atoms with Gasteiger partial charge in [0, 0.05) is 17.5 Å². The Hall–Kier alpha value is -3.32. The predicted molar refractivity (Wildman–Crippen MR) is 114 cm³/mol. The monoisotopic (exact) mass is 420 g/mol. The summed E-state index contributed by atoms with van der Waals surface area (Å²) in [5.74, 6) is 1.08. The molecule has 2 aliphatic rings. The number of hydrogen-bond donors (Lipinski definition) is 0. The first kappa shape index (κ1) is 18.7. The minimum Gasteiger partial charge on any atom is -0.493 e. The molecule has 30 heavy (non-hydrogen) atoms. The quantitative estimate of drug-likeness (QED) is 0.568. The molecular formula is C23H20N2O4S. The largest absolute Gasteiger partial charge is 0.493 e. The molecule has 0 spiro atoms. The van der Waals surface area contributed by atoms with Crippen LogP contribution in [0.25, 0.3) is 0 Å². The SMILES string of the molecule is COC(=O)c1ccc(C2Oc3c(OC)cccc3C3CC(c4cccs4)=NN32)cc1. The zero-order valence-corrected chi connectivity index (χ0v) is 17.4. The van der Waals surface area contributed by atoms with Crippen molar-refractivity contribution in [1.29, 1.82) is 0 Å². The number of carbonyl (C=O) groups excluding carboxylic acids is 1. The molecule has 0 radical (unpaired) electrons. The van der Waals surface area contributed by atoms with Crippen LogP contribution in [-0.2, 0) is 4.74 Å². The molecule has 5 rings (SSSR count). The summed E-state index contributed by atoms with van der Waals surface area (Å²) in [4.78, 5) is 13.0. The minimum atomic E-state index is -0.428. The molecule has 0 bridgehead atoms. The Morgan fingerprint density at radius 2 is 1.97 bits per heavy atom. The Balaban J connectivity index is 1.58. The van der Waals surface area contributed by atoms with E-state index in [1.807, 2.05) is 35.3 Å². The molecule has 0 aliphatic carbocycles. The first-order chi connectivity index (χ1) is 14.7. The highest BCUT2D eigenvalue weighted by molar-refractivity contribution is 7.12. The lowest BCUT2D eigenvalue weighted by Gasteiger charge is -2.38. The van der Waals surface area contributed by atoms with E-state index in [1.54, 1.807) is 30.6 Å². The summed E-state index contributed by atoms with van der Waals surface area (Å²) in [5, 5.41) is 9.02. The summed E-state index contributed by atoms with van der Waals surface area (Å²) in [7, 11) is 3.02. The Labute approximate surface area is 178 Å². The van der Waals surface area contributed by atoms with Gasteiger partial charge in [0.05, 0.1) is 36.4 Å². The van der Waals surface area contributed by atoms with Crippen molar-refractivity contribution in [3.05, 3.63) is 81.5 Å². The third-order valence-corrected chi connectivity index (χ3v) is 6.34. The summed E-state index contributed by atoms with van der Waals surface area (Å²) in [6.45, 7) is 0. The average molecular weight is 420 g/mol. The molecule has 2 unspecified atom stereocenters. The first-order valence-corrected chi connectivity index (χ1v) is 10.5. The first-order valence-electron chi connectivity index (χ1n) is 9.61. The summed E-state index contributed by atoms with van der Waals surface area (Å²) < 4.78 is 16.8. The molecule has 2 aliphatic heterocycles. The Kier molecular flexibility index (Phi) is 4.67. The van der Waals surface area contributed by atoms with Crippen molar-refractivity contribution in [2.24, 2.45) is 5.10 Å². The lowest BCUT2D eigenvalue weighted by Crippen LogP contribution is -2.33. The molecule has 1 aromatic heterocycles. The van der Waals surface area contributed by atoms with Crippen molar-refractivity contribution in [3.8, 4) is 11.5 Å². The van der Waals surface area contributed by atoms with Crippen molar-refractivity contribution < 1.29 is 19.0 Å². The van der Waals surface area contributed by atoms with Crippen LogP contribution >= 0.6 is 11.3 Å². The minimum absolute atomic E-state index is 0.0474. The van der Waals surface area contributed by atoms with Crippen LogP contribution in [0.3, 0.4) is 0 Å². The van der Waals surface area contributed by atoms with Gasteiger partial charge in [-0.3, -0.25) is 0 Å². The second-order valence-electron chi connectivity index (χ2n) is 7.09. The van der Waals surface area contributed by atoms with E-state index in [9.17, 15) is 4.79 Å². The second-order valence-corrected chi connectivity index (χ2v) is 8.03. The zero-order chi connectivity index (χ0) is 20.7. The fourth-order valence-electron chi connectivity index (χ4n) is 3.96. The number of methoxy groups -OCH3 is 2. The second kappa shape index (κ2) is 7.50. The van der Waals surface area contributed by atoms with E-state index in [-0.39, 0.29) is 12.0 Å². The zero-order valence-electron chi connectivity index (χ0n) is 16.6. The van der Waals surface area contributed by atoms with Crippen molar-refractivity contribution in [2.45, 2.75) is 18.7 Å². The molecule has 152 valence electrons. The van der Waals surface area contributed by atoms with Gasteiger partial charge in [0.25, 0.3) is 0 Å². The molecule has 2 atom stereocenters. The third kappa shape index (κ3) is 3.02. The average Bonchev–Trinajstić information content (AvgIpc) is 3.47. The summed E-state index contributed by atoms with van der Waals surface area (Å²) >= 11 is 1.68. The number of thiophene rings is 1. The van der Waals surface area contributed by atoms with Gasteiger partial charge < -0.3 is 14.2 Å². The molecule has 2 aromatic carbocycles. The Bertz CT molecular complexity index is 1110. The van der Waals surface area contributed by atoms with Crippen LogP contribution in [0.5, 0.6) is 11.5 Å². The van der Waals surface area contributed by atoms with E-state index >= 15 is 0 Å². The fraction of sp³-hybridized carbons (Fsp3) is 0.217. The van der Waals surface area contributed by atoms with Gasteiger partial charge in [-0.1, -0.05) is 30.3 Å². The maximum atomic E-state index is 11.8. The molecule has 0 amide bonds. The number of benzene rings is 2. The molecule has 0 saturated heterocycles. The number of rotatable bonds is 4. The van der Waals surface area contributed by atoms with Crippen LogP contribution < -0.4 is 9.47 Å². The molecule has 0 saturated carbocycles. The van der Waals surface area contributed by atoms with Gasteiger partial charge in [0.1, 0.15) is 0 Å². The van der Waals surface area contributed by atoms with E-state index in [0.717, 1.165) is 33.9 Å². The van der Waals surface area contributed by atoms with Gasteiger partial charge in [0.2, 0.25) is 6.23 Å². The van der Waals surface area contributed by atoms with Crippen LogP contribution in [0.15, 0.2) is 65.1 Å². The number of esters is 1. The van der Waals surface area contributed by atoms with Crippen molar-refractivity contribution in [3.63, 3.8) is 0 Å². The highest BCUT2D eigenvalue weighted by Gasteiger charge is 2.42. The van der Waals surface area contributed by atoms with Crippen molar-refractivity contribution >= 4 is 23.0 Å². The molecule has 6 nitrogen and oxygen atoms in total. The van der Waals surface area contributed by atoms with Crippen molar-refractivity contribution in [1.82, 2.24) is 5.01 Å². The predicted octanol–water partition coefficient (Wildman–Crippen LogP) is 4.79. The maximum absolute atomic E-state index is 11.8. The van der Waals surface area contributed by atoms with Crippen molar-refractivity contribution in [2.75, 3.05) is 14.2 Å². The maximum Gasteiger partial charge on any atom is 0.337 e. The van der Waals surface area contributed by atoms with Crippen LogP contribution in [-0.4, -0.2) is 30.9 Å². The summed E-state index contributed by atoms with van der Waals surface area (Å²) in [5.41, 5.74) is 3.51. The molecular weight excluding hydrogens is 400 g/mol. The highest BCUT2D eigenvalue weighted by Crippen LogP contribution is 2.50. The van der Waals surface area contributed by atoms with Gasteiger partial charge in [-0.2, -0.15) is 5.10 Å². The molecule has 7 heteroatoms. The van der Waals surface area contributed by atoms with Crippen LogP contribution in [0.4, 0.5) is 0 Å². The number of fused-ring (bicyclic) bond motifs is 3. The van der Waals surface area contributed by atoms with Crippen LogP contribution in [0.1, 0.15) is 45.1 Å². The van der Waals surface area contributed by atoms with Gasteiger partial charge in [-0.15, -0.1) is 11.3 Å². The molecule has 3 heterocycles. The topological polar surface area (TPSA) is 60.4 Å². The van der Waals surface area contributed by atoms with E-state index in [4.69, 9.17) is 19.3 Å². The number of hydrazone groups is 1. The van der Waals surface area contributed by atoms with Gasteiger partial charge in [-0.05, 0) is 29.6 Å². The highest BCUT2D eigenvalue weighted by atomic mass is 32.1. The fourth-order valence-corrected chi connectivity index (χ4v) is 4.68. The molecule has 3 aromatic rings. The third-order valence-electron chi connectivity index (χ3n) is 5.42. The summed E-state index contributed by atoms with van der Waals surface area (Å²) in [6, 6.07) is 17.4. The number of carbonyl (C=O) groups is 1. The molecule has 0 fully saturated rings. The van der Waals surface area contributed by atoms with E-state index in [2.05, 4.69) is 17.5 Å². The van der Waals surface area contributed by atoms with Crippen LogP contribution in [0.2, 0.25) is 0 Å². The van der Waals surface area contributed by atoms with Gasteiger partial charge in [0.15, 0.2) is 11.5 Å². The van der Waals surface area contributed by atoms with Gasteiger partial charge in [-0.25, -0.2) is 9.80 Å².